The number of benzene rings is 2. The topological polar surface area (TPSA) is 105 Å². The molecule has 3 amide bonds. The first-order chi connectivity index (χ1) is 20.2. The molecular formula is C33H45FN4O4. The van der Waals surface area contributed by atoms with Crippen LogP contribution in [0.1, 0.15) is 73.1 Å². The summed E-state index contributed by atoms with van der Waals surface area (Å²) in [5, 5.41) is 3.15. The van der Waals surface area contributed by atoms with Crippen LogP contribution in [0.5, 0.6) is 5.75 Å². The number of carbonyl (C=O) groups excluding carboxylic acids is 3. The highest BCUT2D eigenvalue weighted by atomic mass is 19.1. The average molecular weight is 581 g/mol. The van der Waals surface area contributed by atoms with E-state index in [4.69, 9.17) is 10.5 Å². The van der Waals surface area contributed by atoms with Crippen molar-refractivity contribution in [1.82, 2.24) is 15.1 Å². The van der Waals surface area contributed by atoms with Crippen molar-refractivity contribution in [2.45, 2.75) is 64.5 Å². The highest BCUT2D eigenvalue weighted by molar-refractivity contribution is 5.98. The Labute approximate surface area is 248 Å². The molecule has 9 heteroatoms. The van der Waals surface area contributed by atoms with Gasteiger partial charge in [0, 0.05) is 36.8 Å². The Hall–Kier alpha value is -3.46. The monoisotopic (exact) mass is 580 g/mol. The SMILES string of the molecule is COc1cccc(C(=O)N2CCC(N(CC(C)C)C(=O)c3ccc(F)cc3)C[C@@H]2C(=O)NCC2CCC(CN)CC2)c1. The summed E-state index contributed by atoms with van der Waals surface area (Å²) in [7, 11) is 1.55. The van der Waals surface area contributed by atoms with Crippen LogP contribution in [0.25, 0.3) is 0 Å². The van der Waals surface area contributed by atoms with Gasteiger partial charge >= 0.3 is 0 Å². The van der Waals surface area contributed by atoms with E-state index < -0.39 is 11.9 Å². The molecule has 0 bridgehead atoms. The Balaban J connectivity index is 1.56. The summed E-state index contributed by atoms with van der Waals surface area (Å²) in [6.45, 7) is 6.15. The molecule has 1 heterocycles. The second-order valence-corrected chi connectivity index (χ2v) is 12.2. The maximum Gasteiger partial charge on any atom is 0.254 e. The van der Waals surface area contributed by atoms with Gasteiger partial charge in [-0.15, -0.1) is 0 Å². The predicted molar refractivity (Wildman–Crippen MR) is 161 cm³/mol. The number of hydrogen-bond donors (Lipinski definition) is 2. The fourth-order valence-corrected chi connectivity index (χ4v) is 6.23. The van der Waals surface area contributed by atoms with E-state index in [1.54, 1.807) is 41.2 Å². The molecule has 2 fully saturated rings. The van der Waals surface area contributed by atoms with Gasteiger partial charge in [0.25, 0.3) is 11.8 Å². The van der Waals surface area contributed by atoms with Crippen molar-refractivity contribution < 1.29 is 23.5 Å². The first-order valence-corrected chi connectivity index (χ1v) is 15.2. The summed E-state index contributed by atoms with van der Waals surface area (Å²) in [6, 6.07) is 11.5. The van der Waals surface area contributed by atoms with Crippen LogP contribution in [0.3, 0.4) is 0 Å². The first kappa shape index (κ1) is 31.5. The Kier molecular flexibility index (Phi) is 11.0. The summed E-state index contributed by atoms with van der Waals surface area (Å²) in [5.41, 5.74) is 6.71. The third-order valence-electron chi connectivity index (χ3n) is 8.67. The van der Waals surface area contributed by atoms with Crippen LogP contribution < -0.4 is 15.8 Å². The van der Waals surface area contributed by atoms with Gasteiger partial charge in [-0.2, -0.15) is 0 Å². The minimum Gasteiger partial charge on any atom is -0.497 e. The fourth-order valence-electron chi connectivity index (χ4n) is 6.23. The summed E-state index contributed by atoms with van der Waals surface area (Å²) in [5.74, 6) is 0.650. The maximum absolute atomic E-state index is 13.8. The molecule has 0 radical (unpaired) electrons. The Morgan fingerprint density at radius 3 is 2.36 bits per heavy atom. The lowest BCUT2D eigenvalue weighted by atomic mass is 9.82. The zero-order chi connectivity index (χ0) is 30.2. The standard InChI is InChI=1S/C33H45FN4O4/c1-22(2)21-38(32(40)25-11-13-27(34)14-12-25)28-15-16-37(33(41)26-5-4-6-29(17-26)42-3)30(18-28)31(39)36-20-24-9-7-23(19-35)8-10-24/h4-6,11-14,17,22-24,28,30H,7-10,15-16,18-21,35H2,1-3H3,(H,36,39)/t23?,24?,28?,30-/m1/s1. The zero-order valence-electron chi connectivity index (χ0n) is 25.1. The molecule has 4 rings (SSSR count). The van der Waals surface area contributed by atoms with Crippen molar-refractivity contribution in [3.8, 4) is 5.75 Å². The summed E-state index contributed by atoms with van der Waals surface area (Å²) in [6.07, 6.45) is 5.03. The van der Waals surface area contributed by atoms with Crippen molar-refractivity contribution in [2.75, 3.05) is 33.3 Å². The third kappa shape index (κ3) is 7.88. The number of amides is 3. The molecule has 3 N–H and O–H groups in total. The van der Waals surface area contributed by atoms with Gasteiger partial charge in [0.1, 0.15) is 17.6 Å². The molecule has 2 aromatic carbocycles. The van der Waals surface area contributed by atoms with E-state index in [2.05, 4.69) is 5.32 Å². The second-order valence-electron chi connectivity index (χ2n) is 12.2. The van der Waals surface area contributed by atoms with E-state index in [1.807, 2.05) is 13.8 Å². The van der Waals surface area contributed by atoms with Crippen LogP contribution in [-0.2, 0) is 4.79 Å². The number of nitrogens with zero attached hydrogens (tertiary/aromatic N) is 2. The smallest absolute Gasteiger partial charge is 0.254 e. The van der Waals surface area contributed by atoms with Crippen LogP contribution in [0.2, 0.25) is 0 Å². The van der Waals surface area contributed by atoms with Crippen LogP contribution >= 0.6 is 0 Å². The predicted octanol–water partition coefficient (Wildman–Crippen LogP) is 4.49. The lowest BCUT2D eigenvalue weighted by molar-refractivity contribution is -0.127. The summed E-state index contributed by atoms with van der Waals surface area (Å²) >= 11 is 0. The van der Waals surface area contributed by atoms with Gasteiger partial charge < -0.3 is 25.6 Å². The van der Waals surface area contributed by atoms with Crippen molar-refractivity contribution >= 4 is 17.7 Å². The molecule has 2 atom stereocenters. The van der Waals surface area contributed by atoms with Crippen molar-refractivity contribution in [3.05, 3.63) is 65.5 Å². The van der Waals surface area contributed by atoms with Crippen molar-refractivity contribution in [1.29, 1.82) is 0 Å². The quantitative estimate of drug-likeness (QED) is 0.431. The maximum atomic E-state index is 13.8. The highest BCUT2D eigenvalue weighted by Gasteiger charge is 2.40. The minimum absolute atomic E-state index is 0.182. The molecule has 1 aliphatic carbocycles. The Bertz CT molecular complexity index is 1210. The number of ether oxygens (including phenoxy) is 1. The second kappa shape index (κ2) is 14.6. The van der Waals surface area contributed by atoms with Crippen molar-refractivity contribution in [2.24, 2.45) is 23.5 Å². The Morgan fingerprint density at radius 2 is 1.71 bits per heavy atom. The van der Waals surface area contributed by atoms with Gasteiger partial charge in [-0.1, -0.05) is 19.9 Å². The molecule has 1 aliphatic heterocycles. The van der Waals surface area contributed by atoms with E-state index in [0.717, 1.165) is 25.7 Å². The molecular weight excluding hydrogens is 535 g/mol. The van der Waals surface area contributed by atoms with E-state index >= 15 is 0 Å². The summed E-state index contributed by atoms with van der Waals surface area (Å²) < 4.78 is 18.9. The van der Waals surface area contributed by atoms with E-state index in [0.29, 0.717) is 67.7 Å². The van der Waals surface area contributed by atoms with Gasteiger partial charge in [0.05, 0.1) is 7.11 Å². The van der Waals surface area contributed by atoms with Gasteiger partial charge in [-0.25, -0.2) is 4.39 Å². The van der Waals surface area contributed by atoms with Gasteiger partial charge in [0.15, 0.2) is 0 Å². The number of hydrogen-bond acceptors (Lipinski definition) is 5. The number of halogens is 1. The number of likely N-dealkylation sites (tertiary alicyclic amines) is 1. The van der Waals surface area contributed by atoms with E-state index in [-0.39, 0.29) is 29.7 Å². The molecule has 228 valence electrons. The van der Waals surface area contributed by atoms with Crippen molar-refractivity contribution in [3.63, 3.8) is 0 Å². The van der Waals surface area contributed by atoms with Crippen LogP contribution in [0.15, 0.2) is 48.5 Å². The molecule has 42 heavy (non-hydrogen) atoms. The van der Waals surface area contributed by atoms with Gasteiger partial charge in [0.2, 0.25) is 5.91 Å². The Morgan fingerprint density at radius 1 is 1.02 bits per heavy atom. The van der Waals surface area contributed by atoms with Crippen LogP contribution in [0.4, 0.5) is 4.39 Å². The molecule has 1 unspecified atom stereocenters. The molecule has 2 aromatic rings. The number of nitrogens with two attached hydrogens (primary N) is 1. The highest BCUT2D eigenvalue weighted by Crippen LogP contribution is 2.29. The number of nitrogens with one attached hydrogen (secondary N) is 1. The van der Waals surface area contributed by atoms with E-state index in [1.165, 1.54) is 24.3 Å². The lowest BCUT2D eigenvalue weighted by Crippen LogP contribution is -2.58. The van der Waals surface area contributed by atoms with Gasteiger partial charge in [-0.3, -0.25) is 14.4 Å². The number of piperidine rings is 1. The molecule has 1 saturated heterocycles. The molecule has 1 saturated carbocycles. The fraction of sp³-hybridized carbons (Fsp3) is 0.545. The molecule has 2 aliphatic rings. The van der Waals surface area contributed by atoms with Crippen LogP contribution in [-0.4, -0.2) is 72.9 Å². The van der Waals surface area contributed by atoms with E-state index in [9.17, 15) is 18.8 Å². The van der Waals surface area contributed by atoms with Gasteiger partial charge in [-0.05, 0) is 105 Å². The zero-order valence-corrected chi connectivity index (χ0v) is 25.1. The number of rotatable bonds is 10. The minimum atomic E-state index is -0.737. The first-order valence-electron chi connectivity index (χ1n) is 15.2. The lowest BCUT2D eigenvalue weighted by Gasteiger charge is -2.43. The molecule has 8 nitrogen and oxygen atoms in total. The number of methoxy groups -OCH3 is 1. The molecule has 0 spiro atoms. The molecule has 0 aromatic heterocycles. The number of carbonyl (C=O) groups is 3. The third-order valence-corrected chi connectivity index (χ3v) is 8.67. The normalized spacial score (nSPS) is 22.5. The van der Waals surface area contributed by atoms with Crippen LogP contribution in [0, 0.1) is 23.6 Å². The average Bonchev–Trinajstić information content (AvgIpc) is 3.02. The largest absolute Gasteiger partial charge is 0.497 e. The summed E-state index contributed by atoms with van der Waals surface area (Å²) in [4.78, 5) is 44.7.